The Labute approximate surface area is 484 Å². The number of hydrogen-bond acceptors (Lipinski definition) is 15. The number of para-hydroxylation sites is 4. The van der Waals surface area contributed by atoms with Crippen LogP contribution in [0.5, 0.6) is 34.5 Å². The first kappa shape index (κ1) is 59.2. The molecular formula is C64H76O14P2S. The second-order valence-electron chi connectivity index (χ2n) is 24.1. The molecule has 81 heavy (non-hydrogen) atoms. The molecule has 4 aliphatic heterocycles. The fourth-order valence-corrected chi connectivity index (χ4v) is 14.2. The second kappa shape index (κ2) is 25.9. The van der Waals surface area contributed by atoms with Crippen molar-refractivity contribution in [2.75, 3.05) is 52.9 Å². The average Bonchev–Trinajstić information content (AvgIpc) is 4.33. The Morgan fingerprint density at radius 1 is 0.346 bits per heavy atom. The lowest BCUT2D eigenvalue weighted by Crippen LogP contribution is -2.25. The van der Waals surface area contributed by atoms with Crippen LogP contribution in [-0.2, 0) is 48.7 Å². The molecule has 14 nitrogen and oxygen atoms in total. The topological polar surface area (TPSA) is 129 Å². The van der Waals surface area contributed by atoms with E-state index in [-0.39, 0.29) is 21.7 Å². The van der Waals surface area contributed by atoms with Gasteiger partial charge in [-0.25, -0.2) is 0 Å². The zero-order valence-corrected chi connectivity index (χ0v) is 50.7. The van der Waals surface area contributed by atoms with E-state index in [0.717, 1.165) is 33.8 Å². The monoisotopic (exact) mass is 1160 g/mol. The molecule has 0 spiro atoms. The number of ether oxygens (including phenoxy) is 8. The van der Waals surface area contributed by atoms with Gasteiger partial charge >= 0.3 is 17.2 Å². The van der Waals surface area contributed by atoms with Gasteiger partial charge in [-0.15, -0.1) is 0 Å². The normalized spacial score (nSPS) is 17.1. The van der Waals surface area contributed by atoms with Gasteiger partial charge in [-0.2, -0.15) is 0 Å². The maximum atomic E-state index is 7.20. The third-order valence-corrected chi connectivity index (χ3v) is 17.0. The van der Waals surface area contributed by atoms with Crippen molar-refractivity contribution in [3.8, 4) is 34.5 Å². The highest BCUT2D eigenvalue weighted by atomic mass is 32.2. The molecule has 10 rings (SSSR count). The smallest absolute Gasteiger partial charge is 0.408 e. The number of rotatable bonds is 22. The quantitative estimate of drug-likeness (QED) is 0.0598. The van der Waals surface area contributed by atoms with E-state index < -0.39 is 42.4 Å². The molecule has 0 bridgehead atoms. The molecule has 0 atom stereocenters. The van der Waals surface area contributed by atoms with Gasteiger partial charge in [-0.3, -0.25) is 0 Å². The van der Waals surface area contributed by atoms with Gasteiger partial charge in [0.15, 0.2) is 25.2 Å². The minimum Gasteiger partial charge on any atom is -0.408 e. The fourth-order valence-electron chi connectivity index (χ4n) is 10.9. The predicted octanol–water partition coefficient (Wildman–Crippen LogP) is 17.0. The number of hydrogen-bond donors (Lipinski definition) is 0. The average molecular weight is 1160 g/mol. The van der Waals surface area contributed by atoms with Crippen molar-refractivity contribution in [1.29, 1.82) is 0 Å². The van der Waals surface area contributed by atoms with Gasteiger partial charge in [0.1, 0.15) is 34.5 Å². The predicted molar refractivity (Wildman–Crippen MR) is 313 cm³/mol. The molecule has 0 radical (unpaired) electrons. The van der Waals surface area contributed by atoms with Gasteiger partial charge < -0.3 is 65.0 Å². The lowest BCUT2D eigenvalue weighted by molar-refractivity contribution is -0.0456. The van der Waals surface area contributed by atoms with E-state index in [2.05, 4.69) is 93.5 Å². The SMILES string of the molecule is CC(C)(C)CC(C)(C)c1ccc(OP(Oc2ccccc2C2OCCO2)Oc2ccccc2C2OCCO2)c(Sc2cc(C(C)(C)CC(C)(C)C)ccc2OP(Oc2ccccc2C2OCCO2)Oc2ccccc2C2OCCO2)c1. The Morgan fingerprint density at radius 3 is 0.852 bits per heavy atom. The van der Waals surface area contributed by atoms with E-state index in [1.54, 1.807) is 0 Å². The van der Waals surface area contributed by atoms with Crippen molar-refractivity contribution >= 4 is 29.0 Å². The summed E-state index contributed by atoms with van der Waals surface area (Å²) in [5.41, 5.74) is 4.66. The van der Waals surface area contributed by atoms with Gasteiger partial charge in [0, 0.05) is 0 Å². The van der Waals surface area contributed by atoms with Crippen molar-refractivity contribution in [2.45, 2.75) is 128 Å². The van der Waals surface area contributed by atoms with Crippen molar-refractivity contribution in [1.82, 2.24) is 0 Å². The van der Waals surface area contributed by atoms with E-state index in [4.69, 9.17) is 65.0 Å². The lowest BCUT2D eigenvalue weighted by atomic mass is 9.72. The molecule has 4 saturated heterocycles. The molecule has 4 heterocycles. The third-order valence-electron chi connectivity index (χ3n) is 13.8. The van der Waals surface area contributed by atoms with Gasteiger partial charge in [-0.1, -0.05) is 166 Å². The summed E-state index contributed by atoms with van der Waals surface area (Å²) >= 11 is 1.53. The molecule has 4 aliphatic rings. The largest absolute Gasteiger partial charge is 0.530 e. The molecule has 0 amide bonds. The first-order valence-corrected chi connectivity index (χ1v) is 30.8. The van der Waals surface area contributed by atoms with Crippen LogP contribution >= 0.6 is 29.0 Å². The van der Waals surface area contributed by atoms with E-state index in [1.807, 2.05) is 109 Å². The summed E-state index contributed by atoms with van der Waals surface area (Å²) in [7, 11) is -4.56. The lowest BCUT2D eigenvalue weighted by Gasteiger charge is -2.34. The maximum absolute atomic E-state index is 7.20. The Bertz CT molecular complexity index is 2720. The molecular weight excluding hydrogens is 1090 g/mol. The van der Waals surface area contributed by atoms with Gasteiger partial charge in [-0.05, 0) is 94.2 Å². The summed E-state index contributed by atoms with van der Waals surface area (Å²) in [5, 5.41) is 0. The minimum absolute atomic E-state index is 0.0245. The number of benzene rings is 6. The molecule has 0 unspecified atom stereocenters. The maximum Gasteiger partial charge on any atom is 0.530 e. The zero-order chi connectivity index (χ0) is 56.8. The third kappa shape index (κ3) is 15.4. The van der Waals surface area contributed by atoms with Crippen LogP contribution in [0.2, 0.25) is 0 Å². The Hall–Kier alpha value is -4.99. The van der Waals surface area contributed by atoms with E-state index >= 15 is 0 Å². The molecule has 0 N–H and O–H groups in total. The highest BCUT2D eigenvalue weighted by molar-refractivity contribution is 7.99. The Balaban J connectivity index is 1.09. The van der Waals surface area contributed by atoms with Crippen molar-refractivity contribution in [2.24, 2.45) is 10.8 Å². The summed E-state index contributed by atoms with van der Waals surface area (Å²) in [5.74, 6) is 3.03. The Kier molecular flexibility index (Phi) is 18.9. The van der Waals surface area contributed by atoms with E-state index in [1.165, 1.54) is 11.8 Å². The first-order valence-electron chi connectivity index (χ1n) is 27.8. The molecule has 0 aromatic heterocycles. The standard InChI is InChI=1S/C64H76O14P2S/c1-61(2,3)41-63(7,8)43-27-29-53(77-79(73-49-23-15-11-19-45(49)57-65-31-32-66-57)74-50-24-16-12-20-46(50)58-67-33-34-68-58)55(39-43)81-56-40-44(64(9,10)42-62(4,5)6)28-30-54(56)78-80(75-51-25-17-13-21-47(51)59-69-35-36-70-59)76-52-26-18-14-22-48(52)60-71-37-38-72-60/h11-30,39-40,57-60H,31-38,41-42H2,1-10H3. The van der Waals surface area contributed by atoms with Crippen LogP contribution in [-0.4, -0.2) is 52.9 Å². The summed E-state index contributed by atoms with van der Waals surface area (Å²) < 4.78 is 90.2. The molecule has 17 heteroatoms. The van der Waals surface area contributed by atoms with Gasteiger partial charge in [0.2, 0.25) is 0 Å². The molecule has 0 saturated carbocycles. The zero-order valence-electron chi connectivity index (χ0n) is 48.1. The molecule has 0 aliphatic carbocycles. The van der Waals surface area contributed by atoms with Crippen LogP contribution in [0, 0.1) is 10.8 Å². The van der Waals surface area contributed by atoms with Crippen LogP contribution in [0.25, 0.3) is 0 Å². The fraction of sp³-hybridized carbons (Fsp3) is 0.438. The van der Waals surface area contributed by atoms with Crippen LogP contribution in [0.1, 0.15) is 141 Å². The summed E-state index contributed by atoms with van der Waals surface area (Å²) in [6.45, 7) is 26.5. The molecule has 6 aromatic rings. The highest BCUT2D eigenvalue weighted by Gasteiger charge is 2.36. The van der Waals surface area contributed by atoms with Gasteiger partial charge in [0.25, 0.3) is 0 Å². The van der Waals surface area contributed by atoms with Crippen LogP contribution in [0.4, 0.5) is 0 Å². The van der Waals surface area contributed by atoms with Crippen LogP contribution < -0.4 is 27.1 Å². The van der Waals surface area contributed by atoms with Crippen LogP contribution in [0.15, 0.2) is 143 Å². The summed E-state index contributed by atoms with van der Waals surface area (Å²) in [6.07, 6.45) is -0.666. The van der Waals surface area contributed by atoms with E-state index in [0.29, 0.717) is 110 Å². The second-order valence-corrected chi connectivity index (χ2v) is 27.2. The van der Waals surface area contributed by atoms with Gasteiger partial charge in [0.05, 0.1) is 84.9 Å². The molecule has 432 valence electrons. The Morgan fingerprint density at radius 2 is 0.593 bits per heavy atom. The van der Waals surface area contributed by atoms with Crippen molar-refractivity contribution in [3.63, 3.8) is 0 Å². The minimum atomic E-state index is -2.28. The van der Waals surface area contributed by atoms with Crippen LogP contribution in [0.3, 0.4) is 0 Å². The summed E-state index contributed by atoms with van der Waals surface area (Å²) in [4.78, 5) is 1.59. The highest BCUT2D eigenvalue weighted by Crippen LogP contribution is 2.54. The molecule has 6 aromatic carbocycles. The van der Waals surface area contributed by atoms with Crippen molar-refractivity contribution < 1.29 is 65.0 Å². The van der Waals surface area contributed by atoms with Crippen molar-refractivity contribution in [3.05, 3.63) is 167 Å². The summed E-state index contributed by atoms with van der Waals surface area (Å²) in [6, 6.07) is 43.4. The van der Waals surface area contributed by atoms with E-state index in [9.17, 15) is 0 Å². The molecule has 4 fully saturated rings. The first-order chi connectivity index (χ1) is 38.8.